The van der Waals surface area contributed by atoms with Crippen LogP contribution in [0.15, 0.2) is 24.3 Å². The Morgan fingerprint density at radius 1 is 1.18 bits per heavy atom. The number of hydrogen-bond donors (Lipinski definition) is 1. The third-order valence-electron chi connectivity index (χ3n) is 3.51. The Labute approximate surface area is 106 Å². The van der Waals surface area contributed by atoms with Gasteiger partial charge < -0.3 is 10.6 Å². The van der Waals surface area contributed by atoms with Crippen LogP contribution in [-0.2, 0) is 6.42 Å². The van der Waals surface area contributed by atoms with Gasteiger partial charge in [0.2, 0.25) is 0 Å². The highest BCUT2D eigenvalue weighted by Gasteiger charge is 2.12. The molecule has 1 atom stereocenters. The van der Waals surface area contributed by atoms with Gasteiger partial charge in [0.05, 0.1) is 0 Å². The maximum absolute atomic E-state index is 5.90. The molecule has 1 aromatic rings. The summed E-state index contributed by atoms with van der Waals surface area (Å²) < 4.78 is 0. The monoisotopic (exact) mass is 234 g/mol. The van der Waals surface area contributed by atoms with Crippen molar-refractivity contribution in [2.75, 3.05) is 26.2 Å². The molecule has 17 heavy (non-hydrogen) atoms. The van der Waals surface area contributed by atoms with Crippen molar-refractivity contribution in [3.63, 3.8) is 0 Å². The molecule has 0 fully saturated rings. The van der Waals surface area contributed by atoms with Crippen molar-refractivity contribution in [3.05, 3.63) is 35.4 Å². The molecule has 0 amide bonds. The molecule has 1 aromatic carbocycles. The van der Waals surface area contributed by atoms with Crippen molar-refractivity contribution in [1.29, 1.82) is 0 Å². The largest absolute Gasteiger partial charge is 0.330 e. The lowest BCUT2D eigenvalue weighted by atomic mass is 9.95. The third-order valence-corrected chi connectivity index (χ3v) is 3.51. The fourth-order valence-corrected chi connectivity index (χ4v) is 2.22. The van der Waals surface area contributed by atoms with Crippen LogP contribution >= 0.6 is 0 Å². The Hall–Kier alpha value is -0.860. The highest BCUT2D eigenvalue weighted by molar-refractivity contribution is 5.26. The summed E-state index contributed by atoms with van der Waals surface area (Å²) in [5, 5.41) is 0. The number of nitrogens with zero attached hydrogens (tertiary/aromatic N) is 1. The number of aryl methyl sites for hydroxylation is 1. The average Bonchev–Trinajstić information content (AvgIpc) is 2.36. The number of rotatable bonds is 7. The predicted molar refractivity (Wildman–Crippen MR) is 75.2 cm³/mol. The summed E-state index contributed by atoms with van der Waals surface area (Å²) in [5.41, 5.74) is 8.72. The van der Waals surface area contributed by atoms with Gasteiger partial charge >= 0.3 is 0 Å². The zero-order valence-corrected chi connectivity index (χ0v) is 11.4. The molecule has 2 heteroatoms. The average molecular weight is 234 g/mol. The lowest BCUT2D eigenvalue weighted by molar-refractivity contribution is 0.254. The summed E-state index contributed by atoms with van der Waals surface area (Å²) >= 11 is 0. The van der Waals surface area contributed by atoms with E-state index in [0.717, 1.165) is 32.6 Å². The molecule has 0 spiro atoms. The predicted octanol–water partition coefficient (Wildman–Crippen LogP) is 2.45. The van der Waals surface area contributed by atoms with Crippen LogP contribution in [0, 0.1) is 12.8 Å². The smallest absolute Gasteiger partial charge is 0.00247 e. The Morgan fingerprint density at radius 3 is 2.35 bits per heavy atom. The zero-order valence-electron chi connectivity index (χ0n) is 11.4. The minimum Gasteiger partial charge on any atom is -0.330 e. The van der Waals surface area contributed by atoms with Crippen LogP contribution in [0.1, 0.15) is 25.0 Å². The van der Waals surface area contributed by atoms with Crippen molar-refractivity contribution >= 4 is 0 Å². The van der Waals surface area contributed by atoms with E-state index in [2.05, 4.69) is 49.9 Å². The normalized spacial score (nSPS) is 13.0. The van der Waals surface area contributed by atoms with E-state index in [4.69, 9.17) is 5.73 Å². The van der Waals surface area contributed by atoms with E-state index in [1.165, 1.54) is 11.1 Å². The van der Waals surface area contributed by atoms with Gasteiger partial charge in [-0.25, -0.2) is 0 Å². The minimum absolute atomic E-state index is 0.566. The molecule has 2 N–H and O–H groups in total. The van der Waals surface area contributed by atoms with Gasteiger partial charge in [0.25, 0.3) is 0 Å². The van der Waals surface area contributed by atoms with Crippen molar-refractivity contribution < 1.29 is 0 Å². The molecule has 0 aliphatic rings. The molecular weight excluding hydrogens is 208 g/mol. The van der Waals surface area contributed by atoms with Gasteiger partial charge in [0.15, 0.2) is 0 Å². The lowest BCUT2D eigenvalue weighted by Gasteiger charge is -2.24. The molecule has 0 aromatic heterocycles. The highest BCUT2D eigenvalue weighted by Crippen LogP contribution is 2.13. The van der Waals surface area contributed by atoms with E-state index in [1.54, 1.807) is 0 Å². The van der Waals surface area contributed by atoms with E-state index in [-0.39, 0.29) is 0 Å². The van der Waals surface area contributed by atoms with Gasteiger partial charge in [-0.15, -0.1) is 0 Å². The third kappa shape index (κ3) is 4.49. The second kappa shape index (κ2) is 7.46. The summed E-state index contributed by atoms with van der Waals surface area (Å²) in [6.07, 6.45) is 1.10. The fourth-order valence-electron chi connectivity index (χ4n) is 2.22. The Balaban J connectivity index is 2.61. The second-order valence-corrected chi connectivity index (χ2v) is 4.72. The SMILES string of the molecule is CCN(CC)CC(CN)Cc1ccccc1C. The Bertz CT molecular complexity index is 318. The van der Waals surface area contributed by atoms with Crippen LogP contribution < -0.4 is 5.73 Å². The molecular formula is C15H26N2. The van der Waals surface area contributed by atoms with Crippen LogP contribution in [-0.4, -0.2) is 31.1 Å². The van der Waals surface area contributed by atoms with Crippen molar-refractivity contribution in [2.45, 2.75) is 27.2 Å². The van der Waals surface area contributed by atoms with E-state index >= 15 is 0 Å². The van der Waals surface area contributed by atoms with E-state index in [9.17, 15) is 0 Å². The van der Waals surface area contributed by atoms with Gasteiger partial charge in [-0.2, -0.15) is 0 Å². The molecule has 0 heterocycles. The zero-order chi connectivity index (χ0) is 12.7. The first-order valence-electron chi connectivity index (χ1n) is 6.68. The van der Waals surface area contributed by atoms with Crippen LogP contribution in [0.3, 0.4) is 0 Å². The van der Waals surface area contributed by atoms with Gasteiger partial charge in [-0.3, -0.25) is 0 Å². The number of hydrogen-bond acceptors (Lipinski definition) is 2. The summed E-state index contributed by atoms with van der Waals surface area (Å²) in [7, 11) is 0. The molecule has 0 bridgehead atoms. The van der Waals surface area contributed by atoms with Gasteiger partial charge in [0.1, 0.15) is 0 Å². The first-order chi connectivity index (χ1) is 8.21. The summed E-state index contributed by atoms with van der Waals surface area (Å²) in [6, 6.07) is 8.62. The van der Waals surface area contributed by atoms with Gasteiger partial charge in [0, 0.05) is 6.54 Å². The molecule has 0 aliphatic heterocycles. The quantitative estimate of drug-likeness (QED) is 0.785. The summed E-state index contributed by atoms with van der Waals surface area (Å²) in [5.74, 6) is 0.566. The molecule has 0 saturated heterocycles. The number of benzene rings is 1. The van der Waals surface area contributed by atoms with Crippen molar-refractivity contribution in [2.24, 2.45) is 11.7 Å². The maximum Gasteiger partial charge on any atom is 0.00247 e. The highest BCUT2D eigenvalue weighted by atomic mass is 15.1. The van der Waals surface area contributed by atoms with Crippen molar-refractivity contribution in [1.82, 2.24) is 4.90 Å². The second-order valence-electron chi connectivity index (χ2n) is 4.72. The van der Waals surface area contributed by atoms with Crippen LogP contribution in [0.4, 0.5) is 0 Å². The maximum atomic E-state index is 5.90. The summed E-state index contributed by atoms with van der Waals surface area (Å²) in [4.78, 5) is 2.45. The Morgan fingerprint density at radius 2 is 1.82 bits per heavy atom. The summed E-state index contributed by atoms with van der Waals surface area (Å²) in [6.45, 7) is 10.7. The Kier molecular flexibility index (Phi) is 6.23. The molecule has 1 unspecified atom stereocenters. The van der Waals surface area contributed by atoms with Crippen LogP contribution in [0.25, 0.3) is 0 Å². The van der Waals surface area contributed by atoms with E-state index < -0.39 is 0 Å². The first kappa shape index (κ1) is 14.2. The van der Waals surface area contributed by atoms with E-state index in [1.807, 2.05) is 0 Å². The number of nitrogens with two attached hydrogens (primary N) is 1. The van der Waals surface area contributed by atoms with Crippen LogP contribution in [0.5, 0.6) is 0 Å². The minimum atomic E-state index is 0.566. The molecule has 96 valence electrons. The standard InChI is InChI=1S/C15H26N2/c1-4-17(5-2)12-14(11-16)10-15-9-7-6-8-13(15)3/h6-9,14H,4-5,10-12,16H2,1-3H3. The van der Waals surface area contributed by atoms with Gasteiger partial charge in [-0.1, -0.05) is 38.1 Å². The first-order valence-corrected chi connectivity index (χ1v) is 6.68. The molecule has 1 rings (SSSR count). The van der Waals surface area contributed by atoms with Crippen molar-refractivity contribution in [3.8, 4) is 0 Å². The molecule has 0 aliphatic carbocycles. The lowest BCUT2D eigenvalue weighted by Crippen LogP contribution is -2.34. The topological polar surface area (TPSA) is 29.3 Å². The molecule has 0 radical (unpaired) electrons. The van der Waals surface area contributed by atoms with Crippen LogP contribution in [0.2, 0.25) is 0 Å². The molecule has 0 saturated carbocycles. The van der Waals surface area contributed by atoms with E-state index in [0.29, 0.717) is 5.92 Å². The van der Waals surface area contributed by atoms with Gasteiger partial charge in [-0.05, 0) is 50.0 Å². The fraction of sp³-hybridized carbons (Fsp3) is 0.600. The molecule has 2 nitrogen and oxygen atoms in total.